The normalized spacial score (nSPS) is 10.3. The van der Waals surface area contributed by atoms with Gasteiger partial charge in [0, 0.05) is 12.0 Å². The van der Waals surface area contributed by atoms with Crippen molar-refractivity contribution in [2.24, 2.45) is 0 Å². The van der Waals surface area contributed by atoms with Crippen molar-refractivity contribution in [2.75, 3.05) is 6.61 Å². The van der Waals surface area contributed by atoms with Gasteiger partial charge in [-0.2, -0.15) is 0 Å². The average molecular weight is 190 g/mol. The molecule has 0 unspecified atom stereocenters. The first-order valence-corrected chi connectivity index (χ1v) is 4.42. The van der Waals surface area contributed by atoms with Gasteiger partial charge in [-0.1, -0.05) is 6.07 Å². The van der Waals surface area contributed by atoms with Gasteiger partial charge in [0.15, 0.2) is 0 Å². The Balaban J connectivity index is 2.14. The molecule has 0 saturated heterocycles. The third-order valence-electron chi connectivity index (χ3n) is 2.14. The lowest BCUT2D eigenvalue weighted by Gasteiger charge is -2.01. The van der Waals surface area contributed by atoms with E-state index in [1.54, 1.807) is 6.26 Å². The predicted octanol–water partition coefficient (Wildman–Crippen LogP) is 2.10. The van der Waals surface area contributed by atoms with E-state index in [0.29, 0.717) is 13.1 Å². The second-order valence-corrected chi connectivity index (χ2v) is 2.97. The van der Waals surface area contributed by atoms with Gasteiger partial charge in [0.05, 0.1) is 12.9 Å². The van der Waals surface area contributed by atoms with Gasteiger partial charge in [0.1, 0.15) is 5.76 Å². The largest absolute Gasteiger partial charge is 0.468 e. The third-order valence-corrected chi connectivity index (χ3v) is 2.14. The zero-order chi connectivity index (χ0) is 9.80. The molecule has 0 N–H and O–H groups in total. The summed E-state index contributed by atoms with van der Waals surface area (Å²) in [6.45, 7) is 0.882. The van der Waals surface area contributed by atoms with Gasteiger partial charge in [-0.25, -0.2) is 0 Å². The lowest BCUT2D eigenvalue weighted by atomic mass is 10.1. The van der Waals surface area contributed by atoms with Crippen LogP contribution >= 0.6 is 0 Å². The van der Waals surface area contributed by atoms with Crippen molar-refractivity contribution < 1.29 is 13.9 Å². The van der Waals surface area contributed by atoms with E-state index in [1.807, 2.05) is 24.3 Å². The molecule has 0 aromatic carbocycles. The summed E-state index contributed by atoms with van der Waals surface area (Å²) in [5, 5.41) is 0. The van der Waals surface area contributed by atoms with Crippen LogP contribution in [0.3, 0.4) is 0 Å². The summed E-state index contributed by atoms with van der Waals surface area (Å²) in [4.78, 5) is 9.96. The number of rotatable bonds is 4. The quantitative estimate of drug-likeness (QED) is 0.547. The second kappa shape index (κ2) is 3.96. The Morgan fingerprint density at radius 2 is 2.29 bits per heavy atom. The molecule has 0 amide bonds. The molecular formula is C11H10O3. The number of hydrogen-bond donors (Lipinski definition) is 0. The van der Waals surface area contributed by atoms with Crippen LogP contribution in [0.2, 0.25) is 0 Å². The zero-order valence-electron chi connectivity index (χ0n) is 7.60. The Morgan fingerprint density at radius 1 is 1.36 bits per heavy atom. The van der Waals surface area contributed by atoms with Crippen LogP contribution in [-0.4, -0.2) is 13.1 Å². The maximum Gasteiger partial charge on any atom is 0.293 e. The number of carbonyl (C=O) groups is 1. The third kappa shape index (κ3) is 1.62. The predicted molar refractivity (Wildman–Crippen MR) is 51.1 cm³/mol. The maximum atomic E-state index is 9.96. The SMILES string of the molecule is O=COCCc1ccc2occcc1-2. The fourth-order valence-electron chi connectivity index (χ4n) is 1.49. The summed E-state index contributed by atoms with van der Waals surface area (Å²) in [6, 6.07) is 7.76. The fourth-order valence-corrected chi connectivity index (χ4v) is 1.49. The highest BCUT2D eigenvalue weighted by Crippen LogP contribution is 2.27. The minimum absolute atomic E-state index is 0.414. The van der Waals surface area contributed by atoms with Crippen LogP contribution in [0.4, 0.5) is 0 Å². The van der Waals surface area contributed by atoms with Crippen LogP contribution in [0.1, 0.15) is 5.56 Å². The highest BCUT2D eigenvalue weighted by atomic mass is 16.5. The molecule has 0 spiro atoms. The first kappa shape index (κ1) is 8.81. The molecule has 14 heavy (non-hydrogen) atoms. The highest BCUT2D eigenvalue weighted by Gasteiger charge is 2.09. The van der Waals surface area contributed by atoms with Crippen LogP contribution in [-0.2, 0) is 16.0 Å². The maximum absolute atomic E-state index is 9.96. The molecule has 0 radical (unpaired) electrons. The molecule has 3 heteroatoms. The molecule has 0 saturated carbocycles. The average Bonchev–Trinajstić information content (AvgIpc) is 2.63. The van der Waals surface area contributed by atoms with E-state index < -0.39 is 0 Å². The molecule has 0 atom stereocenters. The van der Waals surface area contributed by atoms with Crippen molar-refractivity contribution in [1.29, 1.82) is 0 Å². The van der Waals surface area contributed by atoms with Crippen LogP contribution in [0.5, 0.6) is 0 Å². The molecule has 2 aliphatic rings. The molecule has 1 aliphatic heterocycles. The summed E-state index contributed by atoms with van der Waals surface area (Å²) >= 11 is 0. The van der Waals surface area contributed by atoms with E-state index in [0.717, 1.165) is 23.3 Å². The van der Waals surface area contributed by atoms with Gasteiger partial charge in [0.2, 0.25) is 0 Å². The van der Waals surface area contributed by atoms with Gasteiger partial charge in [-0.05, 0) is 23.8 Å². The molecule has 0 aromatic heterocycles. The Hall–Kier alpha value is -1.77. The number of fused-ring (bicyclic) bond motifs is 1. The molecule has 72 valence electrons. The molecule has 0 bridgehead atoms. The zero-order valence-corrected chi connectivity index (χ0v) is 7.60. The van der Waals surface area contributed by atoms with Gasteiger partial charge >= 0.3 is 0 Å². The van der Waals surface area contributed by atoms with E-state index in [-0.39, 0.29) is 0 Å². The van der Waals surface area contributed by atoms with Crippen molar-refractivity contribution in [3.63, 3.8) is 0 Å². The summed E-state index contributed by atoms with van der Waals surface area (Å²) in [6.07, 6.45) is 2.37. The Bertz CT molecular complexity index is 392. The highest BCUT2D eigenvalue weighted by molar-refractivity contribution is 5.65. The van der Waals surface area contributed by atoms with E-state index in [2.05, 4.69) is 4.74 Å². The van der Waals surface area contributed by atoms with Crippen LogP contribution in [0.25, 0.3) is 11.3 Å². The van der Waals surface area contributed by atoms with Crippen molar-refractivity contribution in [3.8, 4) is 11.3 Å². The molecular weight excluding hydrogens is 180 g/mol. The van der Waals surface area contributed by atoms with Gasteiger partial charge in [0.25, 0.3) is 6.47 Å². The Labute approximate surface area is 81.6 Å². The second-order valence-electron chi connectivity index (χ2n) is 2.97. The van der Waals surface area contributed by atoms with Crippen molar-refractivity contribution in [3.05, 3.63) is 36.1 Å². The standard InChI is InChI=1S/C11H10O3/c12-8-13-7-5-9-3-4-11-10(9)2-1-6-14-11/h1-4,6,8H,5,7H2. The summed E-state index contributed by atoms with van der Waals surface area (Å²) in [5.74, 6) is 0.869. The van der Waals surface area contributed by atoms with Gasteiger partial charge in [-0.3, -0.25) is 4.79 Å². The summed E-state index contributed by atoms with van der Waals surface area (Å²) in [7, 11) is 0. The molecule has 3 nitrogen and oxygen atoms in total. The van der Waals surface area contributed by atoms with Crippen LogP contribution in [0, 0.1) is 0 Å². The van der Waals surface area contributed by atoms with E-state index in [4.69, 9.17) is 4.42 Å². The molecule has 0 fully saturated rings. The van der Waals surface area contributed by atoms with Crippen molar-refractivity contribution >= 4 is 6.47 Å². The van der Waals surface area contributed by atoms with E-state index in [1.165, 1.54) is 0 Å². The molecule has 1 heterocycles. The van der Waals surface area contributed by atoms with E-state index in [9.17, 15) is 4.79 Å². The van der Waals surface area contributed by atoms with Gasteiger partial charge in [-0.15, -0.1) is 0 Å². The molecule has 2 rings (SSSR count). The van der Waals surface area contributed by atoms with Crippen LogP contribution < -0.4 is 0 Å². The van der Waals surface area contributed by atoms with Crippen molar-refractivity contribution in [2.45, 2.75) is 6.42 Å². The lowest BCUT2D eigenvalue weighted by molar-refractivity contribution is -0.128. The summed E-state index contributed by atoms with van der Waals surface area (Å²) < 4.78 is 9.93. The summed E-state index contributed by atoms with van der Waals surface area (Å²) in [5.41, 5.74) is 2.23. The lowest BCUT2D eigenvalue weighted by Crippen LogP contribution is -1.96. The monoisotopic (exact) mass is 190 g/mol. The van der Waals surface area contributed by atoms with Crippen molar-refractivity contribution in [1.82, 2.24) is 0 Å². The number of hydrogen-bond acceptors (Lipinski definition) is 3. The Morgan fingerprint density at radius 3 is 3.14 bits per heavy atom. The molecule has 0 aromatic rings. The minimum Gasteiger partial charge on any atom is -0.468 e. The minimum atomic E-state index is 0.414. The first-order chi connectivity index (χ1) is 6.92. The van der Waals surface area contributed by atoms with Crippen LogP contribution in [0.15, 0.2) is 34.9 Å². The Kier molecular flexibility index (Phi) is 2.49. The van der Waals surface area contributed by atoms with E-state index >= 15 is 0 Å². The first-order valence-electron chi connectivity index (χ1n) is 4.42. The molecule has 1 aliphatic carbocycles. The topological polar surface area (TPSA) is 39.4 Å². The van der Waals surface area contributed by atoms with Gasteiger partial charge < -0.3 is 9.15 Å². The number of carbonyl (C=O) groups excluding carboxylic acids is 1. The number of ether oxygens (including phenoxy) is 1. The smallest absolute Gasteiger partial charge is 0.293 e. The fraction of sp³-hybridized carbons (Fsp3) is 0.182.